The lowest BCUT2D eigenvalue weighted by Crippen LogP contribution is -2.48. The van der Waals surface area contributed by atoms with Crippen molar-refractivity contribution >= 4 is 26.5 Å². The van der Waals surface area contributed by atoms with Gasteiger partial charge in [-0.25, -0.2) is 8.42 Å². The fourth-order valence-corrected chi connectivity index (χ4v) is 5.47. The molecule has 0 aliphatic carbocycles. The first-order valence-electron chi connectivity index (χ1n) is 9.70. The lowest BCUT2D eigenvalue weighted by atomic mass is 10.1. The van der Waals surface area contributed by atoms with Crippen molar-refractivity contribution in [1.82, 2.24) is 4.31 Å². The third-order valence-electron chi connectivity index (χ3n) is 5.46. The van der Waals surface area contributed by atoms with Gasteiger partial charge in [0.05, 0.1) is 17.6 Å². The van der Waals surface area contributed by atoms with Crippen LogP contribution in [0, 0.1) is 0 Å². The summed E-state index contributed by atoms with van der Waals surface area (Å²) in [6.45, 7) is 0.959. The van der Waals surface area contributed by atoms with E-state index in [1.165, 1.54) is 23.5 Å². The molecule has 3 aromatic rings. The van der Waals surface area contributed by atoms with Crippen molar-refractivity contribution < 1.29 is 26.3 Å². The van der Waals surface area contributed by atoms with Crippen molar-refractivity contribution in [2.75, 3.05) is 38.2 Å². The van der Waals surface area contributed by atoms with Crippen molar-refractivity contribution in [1.29, 1.82) is 0 Å². The van der Waals surface area contributed by atoms with Gasteiger partial charge < -0.3 is 9.64 Å². The summed E-state index contributed by atoms with van der Waals surface area (Å²) in [4.78, 5) is 1.96. The van der Waals surface area contributed by atoms with Gasteiger partial charge in [0.1, 0.15) is 5.75 Å². The highest BCUT2D eigenvalue weighted by Crippen LogP contribution is 2.34. The van der Waals surface area contributed by atoms with E-state index in [1.807, 2.05) is 6.07 Å². The summed E-state index contributed by atoms with van der Waals surface area (Å²) in [6, 6.07) is 15.4. The van der Waals surface area contributed by atoms with Crippen LogP contribution in [0.2, 0.25) is 0 Å². The standard InChI is InChI=1S/C22H21F3N2O3S/c1-30-20-9-10-21(19-8-3-2-7-18(19)20)31(28,29)27-13-11-26(12-14-27)17-6-4-5-16(15-17)22(23,24)25/h2-10,15H,11-14H2,1H3. The molecule has 1 saturated heterocycles. The molecule has 0 unspecified atom stereocenters. The first-order valence-corrected chi connectivity index (χ1v) is 11.1. The number of ether oxygens (including phenoxy) is 1. The zero-order chi connectivity index (χ0) is 22.2. The van der Waals surface area contributed by atoms with Crippen molar-refractivity contribution in [2.24, 2.45) is 0 Å². The number of hydrogen-bond acceptors (Lipinski definition) is 4. The summed E-state index contributed by atoms with van der Waals surface area (Å²) < 4.78 is 72.4. The summed E-state index contributed by atoms with van der Waals surface area (Å²) >= 11 is 0. The van der Waals surface area contributed by atoms with Gasteiger partial charge in [0.2, 0.25) is 10.0 Å². The summed E-state index contributed by atoms with van der Waals surface area (Å²) in [5.74, 6) is 0.587. The molecular formula is C22H21F3N2O3S. The topological polar surface area (TPSA) is 49.9 Å². The number of hydrogen-bond donors (Lipinski definition) is 0. The van der Waals surface area contributed by atoms with Gasteiger partial charge in [0.15, 0.2) is 0 Å². The summed E-state index contributed by atoms with van der Waals surface area (Å²) in [6.07, 6.45) is -4.42. The number of anilines is 1. The van der Waals surface area contributed by atoms with Crippen LogP contribution in [0.1, 0.15) is 5.56 Å². The average molecular weight is 450 g/mol. The van der Waals surface area contributed by atoms with Gasteiger partial charge in [0, 0.05) is 42.6 Å². The Morgan fingerprint density at radius 2 is 1.55 bits per heavy atom. The molecule has 3 aromatic carbocycles. The molecule has 164 valence electrons. The fourth-order valence-electron chi connectivity index (χ4n) is 3.85. The Hall–Kier alpha value is -2.78. The van der Waals surface area contributed by atoms with Crippen LogP contribution in [0.4, 0.5) is 18.9 Å². The lowest BCUT2D eigenvalue weighted by molar-refractivity contribution is -0.137. The number of alkyl halides is 3. The van der Waals surface area contributed by atoms with Crippen molar-refractivity contribution in [2.45, 2.75) is 11.1 Å². The average Bonchev–Trinajstić information content (AvgIpc) is 2.78. The van der Waals surface area contributed by atoms with Crippen LogP contribution in [-0.2, 0) is 16.2 Å². The van der Waals surface area contributed by atoms with E-state index in [4.69, 9.17) is 4.74 Å². The molecule has 4 rings (SSSR count). The number of fused-ring (bicyclic) bond motifs is 1. The largest absolute Gasteiger partial charge is 0.496 e. The minimum atomic E-state index is -4.42. The molecule has 5 nitrogen and oxygen atoms in total. The normalized spacial score (nSPS) is 15.9. The SMILES string of the molecule is COc1ccc(S(=O)(=O)N2CCN(c3cccc(C(F)(F)F)c3)CC2)c2ccccc12. The predicted octanol–water partition coefficient (Wildman–Crippen LogP) is 4.38. The number of halogens is 3. The first kappa shape index (κ1) is 21.5. The van der Waals surface area contributed by atoms with E-state index in [0.717, 1.165) is 12.1 Å². The van der Waals surface area contributed by atoms with E-state index < -0.39 is 21.8 Å². The van der Waals surface area contributed by atoms with E-state index in [-0.39, 0.29) is 18.0 Å². The van der Waals surface area contributed by atoms with Crippen LogP contribution in [0.25, 0.3) is 10.8 Å². The Bertz CT molecular complexity index is 1200. The van der Waals surface area contributed by atoms with Crippen LogP contribution in [-0.4, -0.2) is 46.0 Å². The second-order valence-corrected chi connectivity index (χ2v) is 9.16. The molecule has 0 aromatic heterocycles. The maximum absolute atomic E-state index is 13.3. The van der Waals surface area contributed by atoms with Gasteiger partial charge in [-0.3, -0.25) is 0 Å². The number of nitrogens with zero attached hydrogens (tertiary/aromatic N) is 2. The quantitative estimate of drug-likeness (QED) is 0.592. The lowest BCUT2D eigenvalue weighted by Gasteiger charge is -2.35. The molecule has 1 heterocycles. The highest BCUT2D eigenvalue weighted by atomic mass is 32.2. The van der Waals surface area contributed by atoms with E-state index in [2.05, 4.69) is 0 Å². The zero-order valence-electron chi connectivity index (χ0n) is 16.8. The highest BCUT2D eigenvalue weighted by Gasteiger charge is 2.33. The van der Waals surface area contributed by atoms with Crippen LogP contribution in [0.15, 0.2) is 65.6 Å². The zero-order valence-corrected chi connectivity index (χ0v) is 17.6. The number of sulfonamides is 1. The molecule has 0 saturated carbocycles. The van der Waals surface area contributed by atoms with Gasteiger partial charge in [-0.05, 0) is 30.3 Å². The minimum Gasteiger partial charge on any atom is -0.496 e. The fraction of sp³-hybridized carbons (Fsp3) is 0.273. The molecule has 0 amide bonds. The van der Waals surface area contributed by atoms with Crippen molar-refractivity contribution in [3.63, 3.8) is 0 Å². The molecule has 31 heavy (non-hydrogen) atoms. The molecule has 1 fully saturated rings. The van der Waals surface area contributed by atoms with Crippen LogP contribution in [0.5, 0.6) is 5.75 Å². The number of benzene rings is 3. The summed E-state index contributed by atoms with van der Waals surface area (Å²) in [5.41, 5.74) is -0.286. The smallest absolute Gasteiger partial charge is 0.416 e. The third-order valence-corrected chi connectivity index (χ3v) is 7.42. The Kier molecular flexibility index (Phi) is 5.57. The first-order chi connectivity index (χ1) is 14.7. The van der Waals surface area contributed by atoms with E-state index in [9.17, 15) is 21.6 Å². The molecule has 1 aliphatic rings. The Morgan fingerprint density at radius 3 is 2.19 bits per heavy atom. The number of piperazine rings is 1. The third kappa shape index (κ3) is 4.07. The second-order valence-electron chi connectivity index (χ2n) is 7.25. The molecule has 0 N–H and O–H groups in total. The maximum Gasteiger partial charge on any atom is 0.416 e. The van der Waals surface area contributed by atoms with Gasteiger partial charge in [0.25, 0.3) is 0 Å². The number of rotatable bonds is 4. The molecule has 0 atom stereocenters. The molecule has 0 radical (unpaired) electrons. The van der Waals surface area contributed by atoms with Gasteiger partial charge in [-0.1, -0.05) is 30.3 Å². The van der Waals surface area contributed by atoms with Crippen LogP contribution in [0.3, 0.4) is 0 Å². The van der Waals surface area contributed by atoms with E-state index in [0.29, 0.717) is 35.3 Å². The Balaban J connectivity index is 1.58. The van der Waals surface area contributed by atoms with Crippen LogP contribution >= 0.6 is 0 Å². The van der Waals surface area contributed by atoms with E-state index >= 15 is 0 Å². The summed E-state index contributed by atoms with van der Waals surface area (Å²) in [5, 5.41) is 1.27. The molecule has 1 aliphatic heterocycles. The van der Waals surface area contributed by atoms with Gasteiger partial charge in [-0.2, -0.15) is 17.5 Å². The second kappa shape index (κ2) is 8.05. The molecule has 0 spiro atoms. The van der Waals surface area contributed by atoms with Gasteiger partial charge in [-0.15, -0.1) is 0 Å². The summed E-state index contributed by atoms with van der Waals surface area (Å²) in [7, 11) is -2.25. The highest BCUT2D eigenvalue weighted by molar-refractivity contribution is 7.89. The van der Waals surface area contributed by atoms with E-state index in [1.54, 1.807) is 35.2 Å². The Labute approximate surface area is 178 Å². The number of methoxy groups -OCH3 is 1. The molecular weight excluding hydrogens is 429 g/mol. The van der Waals surface area contributed by atoms with Crippen molar-refractivity contribution in [3.05, 3.63) is 66.2 Å². The monoisotopic (exact) mass is 450 g/mol. The minimum absolute atomic E-state index is 0.179. The van der Waals surface area contributed by atoms with Gasteiger partial charge >= 0.3 is 6.18 Å². The molecule has 0 bridgehead atoms. The van der Waals surface area contributed by atoms with Crippen molar-refractivity contribution in [3.8, 4) is 5.75 Å². The Morgan fingerprint density at radius 1 is 0.871 bits per heavy atom. The van der Waals surface area contributed by atoms with Crippen LogP contribution < -0.4 is 9.64 Å². The molecule has 9 heteroatoms. The maximum atomic E-state index is 13.3. The predicted molar refractivity (Wildman–Crippen MR) is 113 cm³/mol.